The lowest BCUT2D eigenvalue weighted by Gasteiger charge is -2.38. The van der Waals surface area contributed by atoms with Crippen molar-refractivity contribution < 1.29 is 19.1 Å². The van der Waals surface area contributed by atoms with Crippen LogP contribution in [0.1, 0.15) is 47.6 Å². The van der Waals surface area contributed by atoms with Gasteiger partial charge in [-0.2, -0.15) is 0 Å². The smallest absolute Gasteiger partial charge is 0.225 e. The van der Waals surface area contributed by atoms with Crippen molar-refractivity contribution in [3.8, 4) is 17.2 Å². The molecule has 9 heteroatoms. The molecule has 3 aromatic carbocycles. The van der Waals surface area contributed by atoms with Gasteiger partial charge in [0.15, 0.2) is 0 Å². The van der Waals surface area contributed by atoms with E-state index in [1.165, 1.54) is 0 Å². The van der Waals surface area contributed by atoms with E-state index in [2.05, 4.69) is 27.6 Å². The van der Waals surface area contributed by atoms with E-state index in [9.17, 15) is 9.59 Å². The van der Waals surface area contributed by atoms with Gasteiger partial charge in [-0.1, -0.05) is 30.3 Å². The predicted molar refractivity (Wildman–Crippen MR) is 153 cm³/mol. The fourth-order valence-corrected chi connectivity index (χ4v) is 5.47. The number of aryl methyl sites for hydroxylation is 2. The molecule has 0 spiro atoms. The molecule has 0 fully saturated rings. The SMILES string of the molecule is O=C1CCc2ccc(cc2)Oc2ccc3c(c2)CCN(C(=O)CCn2cnnc2)C3c2cccc(c2)OCCCN1. The molecule has 8 rings (SSSR count). The fourth-order valence-electron chi connectivity index (χ4n) is 5.47. The number of aromatic nitrogens is 3. The molecule has 0 saturated heterocycles. The van der Waals surface area contributed by atoms with Crippen LogP contribution in [0.25, 0.3) is 0 Å². The number of benzene rings is 3. The molecule has 210 valence electrons. The summed E-state index contributed by atoms with van der Waals surface area (Å²) in [6, 6.07) is 21.7. The molecule has 1 N–H and O–H groups in total. The third-order valence-corrected chi connectivity index (χ3v) is 7.60. The maximum Gasteiger partial charge on any atom is 0.225 e. The van der Waals surface area contributed by atoms with E-state index >= 15 is 0 Å². The zero-order valence-corrected chi connectivity index (χ0v) is 22.9. The molecule has 8 bridgehead atoms. The number of rotatable bonds is 3. The van der Waals surface area contributed by atoms with Crippen LogP contribution in [0.2, 0.25) is 0 Å². The Kier molecular flexibility index (Phi) is 7.93. The van der Waals surface area contributed by atoms with Crippen LogP contribution in [0, 0.1) is 0 Å². The van der Waals surface area contributed by atoms with Crippen LogP contribution in [0.3, 0.4) is 0 Å². The standard InChI is InChI=1S/C32H33N5O4/c38-30-12-7-23-5-8-26(9-6-23)41-28-10-11-29-24(19-28)13-17-37(31(39)14-16-36-21-34-35-22-36)32(29)25-3-1-4-27(20-25)40-18-2-15-33-30/h1,3-6,8-11,19-22,32H,2,7,12-18H2,(H,33,38). The van der Waals surface area contributed by atoms with Gasteiger partial charge in [-0.3, -0.25) is 9.59 Å². The summed E-state index contributed by atoms with van der Waals surface area (Å²) in [6.07, 6.45) is 6.14. The third-order valence-electron chi connectivity index (χ3n) is 7.60. The second-order valence-corrected chi connectivity index (χ2v) is 10.4. The number of carbonyl (C=O) groups excluding carboxylic acids is 2. The summed E-state index contributed by atoms with van der Waals surface area (Å²) in [5, 5.41) is 10.7. The number of carbonyl (C=O) groups is 2. The second-order valence-electron chi connectivity index (χ2n) is 10.4. The van der Waals surface area contributed by atoms with Gasteiger partial charge in [0.2, 0.25) is 11.8 Å². The van der Waals surface area contributed by atoms with Crippen LogP contribution < -0.4 is 14.8 Å². The maximum atomic E-state index is 13.6. The Morgan fingerprint density at radius 1 is 0.927 bits per heavy atom. The van der Waals surface area contributed by atoms with Gasteiger partial charge in [0.25, 0.3) is 0 Å². The minimum atomic E-state index is -0.252. The molecular formula is C32H33N5O4. The molecule has 1 unspecified atom stereocenters. The normalized spacial score (nSPS) is 17.2. The summed E-state index contributed by atoms with van der Waals surface area (Å²) in [4.78, 5) is 27.9. The van der Waals surface area contributed by atoms with Gasteiger partial charge < -0.3 is 24.3 Å². The fraction of sp³-hybridized carbons (Fsp3) is 0.312. The van der Waals surface area contributed by atoms with E-state index in [-0.39, 0.29) is 17.9 Å². The highest BCUT2D eigenvalue weighted by molar-refractivity contribution is 5.78. The van der Waals surface area contributed by atoms with Crippen molar-refractivity contribution in [2.45, 2.75) is 44.7 Å². The molecule has 0 saturated carbocycles. The third kappa shape index (κ3) is 6.40. The second kappa shape index (κ2) is 12.2. The molecular weight excluding hydrogens is 518 g/mol. The summed E-state index contributed by atoms with van der Waals surface area (Å²) in [5.41, 5.74) is 4.32. The summed E-state index contributed by atoms with van der Waals surface area (Å²) < 4.78 is 14.1. The Labute approximate surface area is 239 Å². The minimum absolute atomic E-state index is 0.0286. The molecule has 0 aliphatic carbocycles. The van der Waals surface area contributed by atoms with Gasteiger partial charge in [0, 0.05) is 32.5 Å². The van der Waals surface area contributed by atoms with Crippen molar-refractivity contribution in [2.75, 3.05) is 19.7 Å². The average molecular weight is 552 g/mol. The van der Waals surface area contributed by atoms with Crippen molar-refractivity contribution in [3.05, 3.63) is 102 Å². The van der Waals surface area contributed by atoms with Crippen LogP contribution in [0.5, 0.6) is 17.2 Å². The summed E-state index contributed by atoms with van der Waals surface area (Å²) in [5.74, 6) is 2.34. The van der Waals surface area contributed by atoms with E-state index in [1.54, 1.807) is 12.7 Å². The number of amides is 2. The monoisotopic (exact) mass is 551 g/mol. The van der Waals surface area contributed by atoms with Crippen LogP contribution >= 0.6 is 0 Å². The number of fused-ring (bicyclic) bond motifs is 1. The zero-order chi connectivity index (χ0) is 28.0. The Balaban J connectivity index is 1.32. The quantitative estimate of drug-likeness (QED) is 0.404. The van der Waals surface area contributed by atoms with Gasteiger partial charge in [-0.25, -0.2) is 0 Å². The zero-order valence-electron chi connectivity index (χ0n) is 22.9. The van der Waals surface area contributed by atoms with Crippen molar-refractivity contribution in [1.82, 2.24) is 25.0 Å². The Morgan fingerprint density at radius 3 is 2.61 bits per heavy atom. The lowest BCUT2D eigenvalue weighted by molar-refractivity contribution is -0.133. The molecule has 41 heavy (non-hydrogen) atoms. The summed E-state index contributed by atoms with van der Waals surface area (Å²) in [6.45, 7) is 2.15. The lowest BCUT2D eigenvalue weighted by atomic mass is 9.87. The first-order valence-corrected chi connectivity index (χ1v) is 14.1. The van der Waals surface area contributed by atoms with E-state index in [0.29, 0.717) is 51.9 Å². The first kappa shape index (κ1) is 26.6. The van der Waals surface area contributed by atoms with Crippen molar-refractivity contribution in [1.29, 1.82) is 0 Å². The lowest BCUT2D eigenvalue weighted by Crippen LogP contribution is -2.41. The molecule has 4 aromatic rings. The average Bonchev–Trinajstić information content (AvgIpc) is 3.52. The molecule has 4 aliphatic rings. The topological polar surface area (TPSA) is 98.6 Å². The number of nitrogens with zero attached hydrogens (tertiary/aromatic N) is 4. The molecule has 5 heterocycles. The van der Waals surface area contributed by atoms with Crippen LogP contribution in [-0.4, -0.2) is 51.2 Å². The van der Waals surface area contributed by atoms with Crippen molar-refractivity contribution in [3.63, 3.8) is 0 Å². The van der Waals surface area contributed by atoms with E-state index in [4.69, 9.17) is 9.47 Å². The van der Waals surface area contributed by atoms with Gasteiger partial charge in [-0.05, 0) is 77.9 Å². The first-order valence-electron chi connectivity index (χ1n) is 14.1. The van der Waals surface area contributed by atoms with Gasteiger partial charge >= 0.3 is 0 Å². The van der Waals surface area contributed by atoms with Crippen molar-refractivity contribution in [2.24, 2.45) is 0 Å². The molecule has 1 aromatic heterocycles. The molecule has 9 nitrogen and oxygen atoms in total. The molecule has 2 amide bonds. The van der Waals surface area contributed by atoms with E-state index in [1.807, 2.05) is 64.1 Å². The largest absolute Gasteiger partial charge is 0.494 e. The number of ether oxygens (including phenoxy) is 2. The van der Waals surface area contributed by atoms with Crippen LogP contribution in [-0.2, 0) is 29.0 Å². The maximum absolute atomic E-state index is 13.6. The van der Waals surface area contributed by atoms with Crippen LogP contribution in [0.4, 0.5) is 0 Å². The Morgan fingerprint density at radius 2 is 1.76 bits per heavy atom. The Hall–Kier alpha value is -4.66. The first-order chi connectivity index (χ1) is 20.1. The van der Waals surface area contributed by atoms with E-state index < -0.39 is 0 Å². The van der Waals surface area contributed by atoms with Crippen LogP contribution in [0.15, 0.2) is 79.4 Å². The van der Waals surface area contributed by atoms with E-state index in [0.717, 1.165) is 45.9 Å². The minimum Gasteiger partial charge on any atom is -0.494 e. The summed E-state index contributed by atoms with van der Waals surface area (Å²) >= 11 is 0. The highest BCUT2D eigenvalue weighted by atomic mass is 16.5. The number of hydrogen-bond acceptors (Lipinski definition) is 6. The highest BCUT2D eigenvalue weighted by Crippen LogP contribution is 2.39. The molecule has 4 aliphatic heterocycles. The molecule has 1 atom stereocenters. The number of nitrogens with one attached hydrogen (secondary N) is 1. The predicted octanol–water partition coefficient (Wildman–Crippen LogP) is 4.47. The molecule has 0 radical (unpaired) electrons. The van der Waals surface area contributed by atoms with Crippen molar-refractivity contribution >= 4 is 11.8 Å². The summed E-state index contributed by atoms with van der Waals surface area (Å²) in [7, 11) is 0. The van der Waals surface area contributed by atoms with Gasteiger partial charge in [0.05, 0.1) is 12.6 Å². The number of hydrogen-bond donors (Lipinski definition) is 1. The Bertz CT molecular complexity index is 1500. The van der Waals surface area contributed by atoms with Gasteiger partial charge in [0.1, 0.15) is 29.9 Å². The van der Waals surface area contributed by atoms with Gasteiger partial charge in [-0.15, -0.1) is 10.2 Å². The highest BCUT2D eigenvalue weighted by Gasteiger charge is 2.32.